The number of alkyl halides is 3. The number of hydrogen-bond donors (Lipinski definition) is 2. The van der Waals surface area contributed by atoms with E-state index < -0.39 is 23.1 Å². The van der Waals surface area contributed by atoms with Gasteiger partial charge < -0.3 is 15.2 Å². The number of ether oxygens (including phenoxy) is 1. The highest BCUT2D eigenvalue weighted by atomic mass is 32.2. The standard InChI is InChI=1S/C19H16F3NO4S/c20-19(21,22)13-5-3-12(4-6-13)15(24)10-27-14-7-1-11(2-8-14)9-16-17(25)23-18(26)28-16/h1-8,16,18,26H,9-10H2,(H,23,25). The normalized spacial score (nSPS) is 19.4. The Morgan fingerprint density at radius 2 is 1.75 bits per heavy atom. The van der Waals surface area contributed by atoms with Crippen LogP contribution in [-0.4, -0.2) is 34.2 Å². The number of thioether (sulfide) groups is 1. The van der Waals surface area contributed by atoms with Crippen molar-refractivity contribution >= 4 is 23.5 Å². The fourth-order valence-corrected chi connectivity index (χ4v) is 3.60. The Bertz CT molecular complexity index is 853. The third kappa shape index (κ3) is 5.05. The number of Topliss-reactive ketones (excluding diaryl/α,β-unsaturated/α-hetero) is 1. The summed E-state index contributed by atoms with van der Waals surface area (Å²) in [5.41, 5.74) is -0.714. The molecular formula is C19H16F3NO4S. The summed E-state index contributed by atoms with van der Waals surface area (Å²) < 4.78 is 43.0. The monoisotopic (exact) mass is 411 g/mol. The Kier molecular flexibility index (Phi) is 5.95. The van der Waals surface area contributed by atoms with E-state index in [4.69, 9.17) is 4.74 Å². The zero-order chi connectivity index (χ0) is 20.3. The van der Waals surface area contributed by atoms with Crippen LogP contribution < -0.4 is 10.1 Å². The molecule has 0 bridgehead atoms. The minimum atomic E-state index is -4.45. The van der Waals surface area contributed by atoms with Crippen molar-refractivity contribution in [2.45, 2.75) is 23.4 Å². The van der Waals surface area contributed by atoms with Gasteiger partial charge in [-0.05, 0) is 36.2 Å². The summed E-state index contributed by atoms with van der Waals surface area (Å²) in [6.45, 7) is -0.308. The third-order valence-corrected chi connectivity index (χ3v) is 5.18. The van der Waals surface area contributed by atoms with Gasteiger partial charge in [0, 0.05) is 5.56 Å². The summed E-state index contributed by atoms with van der Waals surface area (Å²) in [4.78, 5) is 23.7. The van der Waals surface area contributed by atoms with E-state index >= 15 is 0 Å². The number of rotatable bonds is 6. The maximum atomic E-state index is 12.5. The maximum Gasteiger partial charge on any atom is 0.416 e. The van der Waals surface area contributed by atoms with Gasteiger partial charge in [0.05, 0.1) is 10.8 Å². The van der Waals surface area contributed by atoms with Crippen molar-refractivity contribution in [3.8, 4) is 5.75 Å². The third-order valence-electron chi connectivity index (χ3n) is 4.10. The average Bonchev–Trinajstić information content (AvgIpc) is 2.97. The van der Waals surface area contributed by atoms with Crippen LogP contribution in [0.3, 0.4) is 0 Å². The smallest absolute Gasteiger partial charge is 0.416 e. The zero-order valence-corrected chi connectivity index (χ0v) is 15.2. The topological polar surface area (TPSA) is 75.6 Å². The molecule has 1 fully saturated rings. The fraction of sp³-hybridized carbons (Fsp3) is 0.263. The van der Waals surface area contributed by atoms with Gasteiger partial charge in [-0.15, -0.1) is 0 Å². The lowest BCUT2D eigenvalue weighted by atomic mass is 10.1. The van der Waals surface area contributed by atoms with E-state index in [-0.39, 0.29) is 23.3 Å². The van der Waals surface area contributed by atoms with Crippen LogP contribution in [-0.2, 0) is 17.4 Å². The number of halogens is 3. The Morgan fingerprint density at radius 3 is 2.29 bits per heavy atom. The first-order valence-electron chi connectivity index (χ1n) is 8.28. The number of amides is 1. The Labute approximate surface area is 162 Å². The molecule has 0 aromatic heterocycles. The van der Waals surface area contributed by atoms with Crippen molar-refractivity contribution in [1.82, 2.24) is 5.32 Å². The molecule has 9 heteroatoms. The van der Waals surface area contributed by atoms with Gasteiger partial charge in [-0.2, -0.15) is 13.2 Å². The van der Waals surface area contributed by atoms with Crippen LogP contribution in [0, 0.1) is 0 Å². The molecule has 0 radical (unpaired) electrons. The minimum absolute atomic E-state index is 0.132. The van der Waals surface area contributed by atoms with Gasteiger partial charge in [0.2, 0.25) is 5.91 Å². The molecule has 0 spiro atoms. The molecule has 2 atom stereocenters. The van der Waals surface area contributed by atoms with Gasteiger partial charge in [-0.25, -0.2) is 0 Å². The molecule has 148 valence electrons. The number of aliphatic hydroxyl groups excluding tert-OH is 1. The van der Waals surface area contributed by atoms with Crippen molar-refractivity contribution in [2.75, 3.05) is 6.61 Å². The van der Waals surface area contributed by atoms with Crippen LogP contribution in [0.2, 0.25) is 0 Å². The molecule has 1 heterocycles. The lowest BCUT2D eigenvalue weighted by Gasteiger charge is -2.09. The van der Waals surface area contributed by atoms with Gasteiger partial charge in [0.15, 0.2) is 18.0 Å². The summed E-state index contributed by atoms with van der Waals surface area (Å²) in [5.74, 6) is -0.238. The summed E-state index contributed by atoms with van der Waals surface area (Å²) in [7, 11) is 0. The second-order valence-electron chi connectivity index (χ2n) is 6.12. The molecule has 1 amide bonds. The van der Waals surface area contributed by atoms with Crippen LogP contribution >= 0.6 is 11.8 Å². The SMILES string of the molecule is O=C(COc1ccc(CC2SC(O)NC2=O)cc1)c1ccc(C(F)(F)F)cc1. The molecule has 5 nitrogen and oxygen atoms in total. The molecule has 2 N–H and O–H groups in total. The summed E-state index contributed by atoms with van der Waals surface area (Å²) in [5, 5.41) is 11.4. The predicted octanol–water partition coefficient (Wildman–Crippen LogP) is 3.02. The molecular weight excluding hydrogens is 395 g/mol. The number of aliphatic hydroxyl groups is 1. The average molecular weight is 411 g/mol. The number of benzene rings is 2. The number of carbonyl (C=O) groups excluding carboxylic acids is 2. The van der Waals surface area contributed by atoms with Gasteiger partial charge >= 0.3 is 6.18 Å². The summed E-state index contributed by atoms with van der Waals surface area (Å²) in [6, 6.07) is 10.7. The molecule has 0 aliphatic carbocycles. The van der Waals surface area contributed by atoms with Crippen molar-refractivity contribution in [3.05, 3.63) is 65.2 Å². The van der Waals surface area contributed by atoms with Crippen LogP contribution in [0.15, 0.2) is 48.5 Å². The maximum absolute atomic E-state index is 12.5. The lowest BCUT2D eigenvalue weighted by molar-refractivity contribution is -0.137. The van der Waals surface area contributed by atoms with Crippen molar-refractivity contribution in [2.24, 2.45) is 0 Å². The van der Waals surface area contributed by atoms with Crippen LogP contribution in [0.1, 0.15) is 21.5 Å². The molecule has 1 aliphatic rings. The summed E-state index contributed by atoms with van der Waals surface area (Å²) in [6.07, 6.45) is -4.01. The van der Waals surface area contributed by atoms with E-state index in [0.717, 1.165) is 41.6 Å². The second-order valence-corrected chi connectivity index (χ2v) is 7.41. The quantitative estimate of drug-likeness (QED) is 0.715. The van der Waals surface area contributed by atoms with Gasteiger partial charge in [0.25, 0.3) is 0 Å². The van der Waals surface area contributed by atoms with Crippen LogP contribution in [0.25, 0.3) is 0 Å². The van der Waals surface area contributed by atoms with E-state index in [1.165, 1.54) is 0 Å². The zero-order valence-electron chi connectivity index (χ0n) is 14.4. The second kappa shape index (κ2) is 8.24. The van der Waals surface area contributed by atoms with E-state index in [0.29, 0.717) is 12.2 Å². The highest BCUT2D eigenvalue weighted by molar-refractivity contribution is 8.01. The predicted molar refractivity (Wildman–Crippen MR) is 96.9 cm³/mol. The molecule has 0 saturated carbocycles. The largest absolute Gasteiger partial charge is 0.485 e. The molecule has 2 aromatic rings. The number of hydrogen-bond acceptors (Lipinski definition) is 5. The Hall–Kier alpha value is -2.52. The first-order valence-corrected chi connectivity index (χ1v) is 9.23. The highest BCUT2D eigenvalue weighted by Crippen LogP contribution is 2.29. The highest BCUT2D eigenvalue weighted by Gasteiger charge is 2.31. The van der Waals surface area contributed by atoms with Crippen LogP contribution in [0.5, 0.6) is 5.75 Å². The number of nitrogens with one attached hydrogen (secondary N) is 1. The van der Waals surface area contributed by atoms with Gasteiger partial charge in [-0.3, -0.25) is 9.59 Å². The first-order chi connectivity index (χ1) is 13.2. The minimum Gasteiger partial charge on any atom is -0.485 e. The molecule has 1 saturated heterocycles. The van der Waals surface area contributed by atoms with Crippen molar-refractivity contribution in [3.63, 3.8) is 0 Å². The van der Waals surface area contributed by atoms with E-state index in [2.05, 4.69) is 5.32 Å². The molecule has 2 unspecified atom stereocenters. The molecule has 1 aliphatic heterocycles. The first kappa shape index (κ1) is 20.2. The summed E-state index contributed by atoms with van der Waals surface area (Å²) >= 11 is 1.14. The molecule has 3 rings (SSSR count). The fourth-order valence-electron chi connectivity index (χ4n) is 2.62. The van der Waals surface area contributed by atoms with E-state index in [1.807, 2.05) is 0 Å². The molecule has 28 heavy (non-hydrogen) atoms. The van der Waals surface area contributed by atoms with Crippen LogP contribution in [0.4, 0.5) is 13.2 Å². The van der Waals surface area contributed by atoms with E-state index in [9.17, 15) is 27.9 Å². The van der Waals surface area contributed by atoms with Gasteiger partial charge in [0.1, 0.15) is 5.75 Å². The number of ketones is 1. The molecule has 2 aromatic carbocycles. The Balaban J connectivity index is 1.53. The van der Waals surface area contributed by atoms with Crippen molar-refractivity contribution < 1.29 is 32.6 Å². The van der Waals surface area contributed by atoms with Gasteiger partial charge in [-0.1, -0.05) is 36.0 Å². The van der Waals surface area contributed by atoms with E-state index in [1.54, 1.807) is 24.3 Å². The Morgan fingerprint density at radius 1 is 1.11 bits per heavy atom. The van der Waals surface area contributed by atoms with Crippen molar-refractivity contribution in [1.29, 1.82) is 0 Å². The lowest BCUT2D eigenvalue weighted by Crippen LogP contribution is -2.27. The number of carbonyl (C=O) groups is 2.